The summed E-state index contributed by atoms with van der Waals surface area (Å²) >= 11 is 0. The average Bonchev–Trinajstić information content (AvgIpc) is 3.75. The van der Waals surface area contributed by atoms with Crippen LogP contribution in [-0.4, -0.2) is 0 Å². The van der Waals surface area contributed by atoms with Gasteiger partial charge >= 0.3 is 0 Å². The highest BCUT2D eigenvalue weighted by molar-refractivity contribution is 5.97. The summed E-state index contributed by atoms with van der Waals surface area (Å²) in [5.74, 6) is 0. The van der Waals surface area contributed by atoms with Crippen LogP contribution in [0.3, 0.4) is 0 Å². The van der Waals surface area contributed by atoms with Crippen LogP contribution in [0.25, 0.3) is 66.4 Å². The van der Waals surface area contributed by atoms with Crippen molar-refractivity contribution >= 4 is 27.8 Å². The Morgan fingerprint density at radius 2 is 0.742 bits per heavy atom. The summed E-state index contributed by atoms with van der Waals surface area (Å²) in [6, 6.07) is 70.4. The first-order chi connectivity index (χ1) is 36.1. The van der Waals surface area contributed by atoms with Gasteiger partial charge in [0.2, 0.25) is 0 Å². The number of hydrogen-bond acceptors (Lipinski definition) is 1. The van der Waals surface area contributed by atoms with E-state index in [1.54, 1.807) is 12.1 Å². The van der Waals surface area contributed by atoms with E-state index in [0.717, 1.165) is 66.4 Å². The summed E-state index contributed by atoms with van der Waals surface area (Å²) in [6.07, 6.45) is 0. The molecule has 11 aromatic rings. The molecule has 66 heavy (non-hydrogen) atoms. The minimum absolute atomic E-state index is 0.0931. The topological polar surface area (TPSA) is 3.24 Å². The van der Waals surface area contributed by atoms with Gasteiger partial charge in [-0.05, 0) is 137 Å². The maximum atomic E-state index is 9.97. The van der Waals surface area contributed by atoms with Gasteiger partial charge < -0.3 is 4.90 Å². The molecule has 0 heterocycles. The van der Waals surface area contributed by atoms with Crippen molar-refractivity contribution in [2.24, 2.45) is 0 Å². The third-order valence-corrected chi connectivity index (χ3v) is 12.9. The maximum absolute atomic E-state index is 9.97. The molecule has 0 bridgehead atoms. The second-order valence-corrected chi connectivity index (χ2v) is 16.6. The molecule has 12 rings (SSSR count). The van der Waals surface area contributed by atoms with Crippen molar-refractivity contribution in [3.8, 4) is 55.6 Å². The van der Waals surface area contributed by atoms with E-state index < -0.39 is 29.6 Å². The zero-order valence-electron chi connectivity index (χ0n) is 43.8. The lowest BCUT2D eigenvalue weighted by Crippen LogP contribution is -2.28. The van der Waals surface area contributed by atoms with Crippen molar-refractivity contribution in [1.82, 2.24) is 0 Å². The zero-order valence-corrected chi connectivity index (χ0v) is 35.8. The average molecular weight is 848 g/mol. The summed E-state index contributed by atoms with van der Waals surface area (Å²) in [5.41, 5.74) is 9.61. The quantitative estimate of drug-likeness (QED) is 0.140. The van der Waals surface area contributed by atoms with Crippen molar-refractivity contribution in [2.45, 2.75) is 5.41 Å². The predicted molar refractivity (Wildman–Crippen MR) is 278 cm³/mol. The molecule has 0 amide bonds. The summed E-state index contributed by atoms with van der Waals surface area (Å²) in [5, 5.41) is 2.10. The van der Waals surface area contributed by atoms with Crippen LogP contribution in [0.1, 0.15) is 33.2 Å². The van der Waals surface area contributed by atoms with Crippen LogP contribution in [0, 0.1) is 0 Å². The summed E-state index contributed by atoms with van der Waals surface area (Å²) in [4.78, 5) is 1.42. The summed E-state index contributed by atoms with van der Waals surface area (Å²) < 4.78 is 78.7. The molecule has 0 spiro atoms. The molecule has 0 saturated carbocycles. The van der Waals surface area contributed by atoms with E-state index in [4.69, 9.17) is 0 Å². The van der Waals surface area contributed by atoms with Crippen molar-refractivity contribution in [3.05, 3.63) is 295 Å². The predicted octanol–water partition coefficient (Wildman–Crippen LogP) is 17.3. The van der Waals surface area contributed by atoms with Crippen LogP contribution >= 0.6 is 0 Å². The van der Waals surface area contributed by atoms with E-state index in [9.17, 15) is 11.0 Å². The van der Waals surface area contributed by atoms with Gasteiger partial charge in [0.25, 0.3) is 0 Å². The molecule has 1 heteroatoms. The standard InChI is InChI=1S/C65H45N/c1-4-17-46(18-5-1)50-21-14-22-51(43-50)47-33-37-56(38-34-47)66(57-39-35-48(36-40-57)52-23-15-24-53(44-52)60-31-16-20-49-19-10-11-29-59(49)60)58-41-42-62-61-30-12-13-32-63(61)65(64(62)45-58,54-25-6-2-7-26-54)55-27-8-3-9-28-55/h1-45H/i33D,34D,35D,36D,37D,38D,39D,40D. The SMILES string of the molecule is [2H]c1c([2H])c(N(c2ccc3c(c2)C(c2ccccc2)(c2ccccc2)c2ccccc2-3)c2c([2H])c([2H])c(-c3cccc(-c4cccc5ccccc45)c3)c([2H])c2[2H])c([2H])c([2H])c1-c1cccc(-c2ccccc2)c1. The fourth-order valence-electron chi connectivity index (χ4n) is 9.87. The van der Waals surface area contributed by atoms with Crippen molar-refractivity contribution < 1.29 is 11.0 Å². The lowest BCUT2D eigenvalue weighted by molar-refractivity contribution is 0.768. The molecule has 0 saturated heterocycles. The van der Waals surface area contributed by atoms with Crippen molar-refractivity contribution in [3.63, 3.8) is 0 Å². The fraction of sp³-hybridized carbons (Fsp3) is 0.0154. The van der Waals surface area contributed by atoms with Crippen LogP contribution in [0.2, 0.25) is 0 Å². The van der Waals surface area contributed by atoms with E-state index in [1.165, 1.54) is 4.90 Å². The molecule has 1 aliphatic carbocycles. The Hall–Kier alpha value is -8.52. The molecule has 0 unspecified atom stereocenters. The molecule has 11 aromatic carbocycles. The molecule has 310 valence electrons. The largest absolute Gasteiger partial charge is 0.310 e. The monoisotopic (exact) mass is 847 g/mol. The highest BCUT2D eigenvalue weighted by Crippen LogP contribution is 2.57. The van der Waals surface area contributed by atoms with Gasteiger partial charge in [-0.25, -0.2) is 0 Å². The minimum atomic E-state index is -0.883. The fourth-order valence-corrected chi connectivity index (χ4v) is 9.87. The van der Waals surface area contributed by atoms with E-state index in [0.29, 0.717) is 16.8 Å². The molecule has 0 atom stereocenters. The van der Waals surface area contributed by atoms with E-state index in [1.807, 2.05) is 170 Å². The Bertz CT molecular complexity index is 3910. The lowest BCUT2D eigenvalue weighted by atomic mass is 9.67. The molecule has 1 nitrogen and oxygen atoms in total. The Balaban J connectivity index is 1.12. The van der Waals surface area contributed by atoms with Crippen LogP contribution < -0.4 is 4.90 Å². The molecule has 0 radical (unpaired) electrons. The van der Waals surface area contributed by atoms with E-state index in [2.05, 4.69) is 42.5 Å². The van der Waals surface area contributed by atoms with Crippen LogP contribution in [-0.2, 0) is 5.41 Å². The number of hydrogen-bond donors (Lipinski definition) is 0. The first-order valence-corrected chi connectivity index (χ1v) is 22.2. The van der Waals surface area contributed by atoms with Gasteiger partial charge in [-0.15, -0.1) is 0 Å². The zero-order chi connectivity index (χ0) is 50.8. The Morgan fingerprint density at radius 3 is 1.39 bits per heavy atom. The second kappa shape index (κ2) is 16.6. The number of anilines is 3. The van der Waals surface area contributed by atoms with Gasteiger partial charge in [0.1, 0.15) is 0 Å². The minimum Gasteiger partial charge on any atom is -0.310 e. The Morgan fingerprint density at radius 1 is 0.288 bits per heavy atom. The molecule has 1 aliphatic rings. The molecule has 0 aliphatic heterocycles. The third-order valence-electron chi connectivity index (χ3n) is 12.9. The molecule has 0 N–H and O–H groups in total. The second-order valence-electron chi connectivity index (χ2n) is 16.6. The van der Waals surface area contributed by atoms with Crippen molar-refractivity contribution in [2.75, 3.05) is 4.90 Å². The van der Waals surface area contributed by atoms with Gasteiger partial charge in [0, 0.05) is 17.1 Å². The van der Waals surface area contributed by atoms with E-state index >= 15 is 0 Å². The number of benzene rings is 11. The lowest BCUT2D eigenvalue weighted by Gasteiger charge is -2.35. The highest BCUT2D eigenvalue weighted by Gasteiger charge is 2.46. The Labute approximate surface area is 398 Å². The van der Waals surface area contributed by atoms with Gasteiger partial charge in [0.05, 0.1) is 16.4 Å². The van der Waals surface area contributed by atoms with Gasteiger partial charge in [0.15, 0.2) is 0 Å². The molecular weight excluding hydrogens is 795 g/mol. The molecule has 0 aromatic heterocycles. The molecular formula is C65H45N. The third kappa shape index (κ3) is 6.73. The first-order valence-electron chi connectivity index (χ1n) is 26.2. The van der Waals surface area contributed by atoms with Crippen molar-refractivity contribution in [1.29, 1.82) is 0 Å². The van der Waals surface area contributed by atoms with Crippen LogP contribution in [0.4, 0.5) is 17.1 Å². The summed E-state index contributed by atoms with van der Waals surface area (Å²) in [6.45, 7) is 0. The number of fused-ring (bicyclic) bond motifs is 4. The molecule has 0 fully saturated rings. The maximum Gasteiger partial charge on any atom is 0.0714 e. The van der Waals surface area contributed by atoms with Gasteiger partial charge in [-0.3, -0.25) is 0 Å². The first kappa shape index (κ1) is 31.3. The highest BCUT2D eigenvalue weighted by atomic mass is 15.1. The van der Waals surface area contributed by atoms with Crippen LogP contribution in [0.5, 0.6) is 0 Å². The van der Waals surface area contributed by atoms with E-state index in [-0.39, 0.29) is 46.7 Å². The summed E-state index contributed by atoms with van der Waals surface area (Å²) in [7, 11) is 0. The van der Waals surface area contributed by atoms with Gasteiger partial charge in [-0.2, -0.15) is 0 Å². The number of rotatable bonds is 9. The Kier molecular flexibility index (Phi) is 7.86. The normalized spacial score (nSPS) is 14.1. The van der Waals surface area contributed by atoms with Crippen LogP contribution in [0.15, 0.2) is 273 Å². The number of nitrogens with zero attached hydrogens (tertiary/aromatic N) is 1. The van der Waals surface area contributed by atoms with Gasteiger partial charge in [-0.1, -0.05) is 224 Å². The smallest absolute Gasteiger partial charge is 0.0714 e.